The van der Waals surface area contributed by atoms with Crippen molar-refractivity contribution in [3.63, 3.8) is 0 Å². The monoisotopic (exact) mass is 460 g/mol. The van der Waals surface area contributed by atoms with Gasteiger partial charge in [0.2, 0.25) is 5.91 Å². The van der Waals surface area contributed by atoms with Crippen molar-refractivity contribution < 1.29 is 19.2 Å². The topological polar surface area (TPSA) is 77.0 Å². The number of hydrogen-bond donors (Lipinski definition) is 1. The van der Waals surface area contributed by atoms with Crippen LogP contribution in [0.25, 0.3) is 11.1 Å². The number of carbonyl (C=O) groups is 2. The summed E-state index contributed by atoms with van der Waals surface area (Å²) < 4.78 is 5.70. The molecule has 0 spiro atoms. The van der Waals surface area contributed by atoms with Crippen LogP contribution in [0.1, 0.15) is 18.1 Å². The second-order valence-corrected chi connectivity index (χ2v) is 8.71. The van der Waals surface area contributed by atoms with Crippen LogP contribution in [-0.2, 0) is 16.1 Å². The molecule has 3 aromatic rings. The number of imide groups is 1. The minimum Gasteiger partial charge on any atom is -0.490 e. The minimum absolute atomic E-state index is 0.231. The zero-order valence-corrected chi connectivity index (χ0v) is 19.0. The Kier molecular flexibility index (Phi) is 7.42. The highest BCUT2D eigenvalue weighted by molar-refractivity contribution is 8.15. The molecule has 1 fully saturated rings. The summed E-state index contributed by atoms with van der Waals surface area (Å²) in [7, 11) is 0. The molecule has 0 bridgehead atoms. The number of benzene rings is 3. The van der Waals surface area contributed by atoms with Crippen LogP contribution in [0.4, 0.5) is 4.79 Å². The second kappa shape index (κ2) is 10.8. The molecule has 6 nitrogen and oxygen atoms in total. The van der Waals surface area contributed by atoms with Crippen molar-refractivity contribution >= 4 is 28.6 Å². The lowest BCUT2D eigenvalue weighted by atomic mass is 10.0. The lowest BCUT2D eigenvalue weighted by molar-refractivity contribution is -0.118. The fraction of sp³-hybridized carbons (Fsp3) is 0.192. The predicted molar refractivity (Wildman–Crippen MR) is 131 cm³/mol. The number of oxime groups is 1. The molecule has 4 rings (SSSR count). The Bertz CT molecular complexity index is 1150. The van der Waals surface area contributed by atoms with Crippen molar-refractivity contribution in [2.24, 2.45) is 5.16 Å². The molecule has 0 saturated carbocycles. The molecule has 1 saturated heterocycles. The number of nitrogens with zero attached hydrogens (tertiary/aromatic N) is 1. The molecule has 1 aliphatic rings. The van der Waals surface area contributed by atoms with E-state index in [0.717, 1.165) is 39.7 Å². The first-order valence-electron chi connectivity index (χ1n) is 10.6. The molecular formula is C26H24N2O4S. The summed E-state index contributed by atoms with van der Waals surface area (Å²) in [5.74, 6) is 0.475. The van der Waals surface area contributed by atoms with Gasteiger partial charge in [0.05, 0.1) is 11.0 Å². The number of hydrogen-bond acceptors (Lipinski definition) is 6. The highest BCUT2D eigenvalue weighted by Gasteiger charge is 2.31. The normalized spacial score (nSPS) is 15.9. The van der Waals surface area contributed by atoms with Crippen molar-refractivity contribution in [2.75, 3.05) is 13.2 Å². The first-order chi connectivity index (χ1) is 16.1. The highest BCUT2D eigenvalue weighted by Crippen LogP contribution is 2.24. The van der Waals surface area contributed by atoms with Gasteiger partial charge in [-0.2, -0.15) is 0 Å². The third kappa shape index (κ3) is 6.23. The van der Waals surface area contributed by atoms with E-state index >= 15 is 0 Å². The average molecular weight is 461 g/mol. The smallest absolute Gasteiger partial charge is 0.286 e. The molecule has 7 heteroatoms. The maximum atomic E-state index is 11.7. The van der Waals surface area contributed by atoms with Gasteiger partial charge in [0.1, 0.15) is 12.4 Å². The highest BCUT2D eigenvalue weighted by atomic mass is 32.2. The maximum Gasteiger partial charge on any atom is 0.286 e. The summed E-state index contributed by atoms with van der Waals surface area (Å²) in [6, 6.07) is 25.9. The van der Waals surface area contributed by atoms with E-state index in [-0.39, 0.29) is 16.4 Å². The first-order valence-corrected chi connectivity index (χ1v) is 11.5. The fourth-order valence-corrected chi connectivity index (χ4v) is 4.27. The van der Waals surface area contributed by atoms with Gasteiger partial charge in [-0.25, -0.2) is 0 Å². The Labute approximate surface area is 197 Å². The molecule has 1 atom stereocenters. The van der Waals surface area contributed by atoms with Crippen molar-refractivity contribution in [3.8, 4) is 16.9 Å². The molecule has 3 aromatic carbocycles. The summed E-state index contributed by atoms with van der Waals surface area (Å²) in [5.41, 5.74) is 5.06. The van der Waals surface area contributed by atoms with Gasteiger partial charge in [-0.05, 0) is 53.8 Å². The summed E-state index contributed by atoms with van der Waals surface area (Å²) >= 11 is 1.03. The van der Waals surface area contributed by atoms with E-state index < -0.39 is 0 Å². The molecule has 168 valence electrons. The van der Waals surface area contributed by atoms with E-state index in [1.165, 1.54) is 0 Å². The van der Waals surface area contributed by atoms with Gasteiger partial charge in [-0.3, -0.25) is 14.9 Å². The summed E-state index contributed by atoms with van der Waals surface area (Å²) in [6.07, 6.45) is 0.505. The van der Waals surface area contributed by atoms with Crippen LogP contribution < -0.4 is 10.1 Å². The van der Waals surface area contributed by atoms with Gasteiger partial charge in [0.15, 0.2) is 6.61 Å². The van der Waals surface area contributed by atoms with E-state index in [9.17, 15) is 9.59 Å². The van der Waals surface area contributed by atoms with Crippen molar-refractivity contribution in [1.29, 1.82) is 0 Å². The van der Waals surface area contributed by atoms with E-state index in [1.54, 1.807) is 0 Å². The van der Waals surface area contributed by atoms with E-state index in [0.29, 0.717) is 25.4 Å². The third-order valence-corrected chi connectivity index (χ3v) is 6.13. The SMILES string of the molecule is C/C(=N\OCCOc1ccc(CC2SC(=O)NC2=O)cc1)c1cccc(-c2ccccc2)c1. The minimum atomic E-state index is -0.368. The molecule has 2 amide bonds. The van der Waals surface area contributed by atoms with Crippen LogP contribution in [0, 0.1) is 0 Å². The van der Waals surface area contributed by atoms with Gasteiger partial charge in [-0.1, -0.05) is 77.6 Å². The van der Waals surface area contributed by atoms with E-state index in [1.807, 2.05) is 61.5 Å². The van der Waals surface area contributed by atoms with Crippen molar-refractivity contribution in [2.45, 2.75) is 18.6 Å². The Morgan fingerprint density at radius 3 is 2.42 bits per heavy atom. The van der Waals surface area contributed by atoms with Gasteiger partial charge in [-0.15, -0.1) is 0 Å². The first kappa shape index (κ1) is 22.6. The Hall–Kier alpha value is -3.58. The molecule has 0 aliphatic carbocycles. The molecule has 1 unspecified atom stereocenters. The number of amides is 2. The lowest BCUT2D eigenvalue weighted by Gasteiger charge is -2.09. The summed E-state index contributed by atoms with van der Waals surface area (Å²) in [4.78, 5) is 28.4. The van der Waals surface area contributed by atoms with Gasteiger partial charge < -0.3 is 9.57 Å². The number of thioether (sulfide) groups is 1. The average Bonchev–Trinajstić information content (AvgIpc) is 3.16. The molecule has 1 aliphatic heterocycles. The molecule has 0 radical (unpaired) electrons. The molecule has 0 aromatic heterocycles. The van der Waals surface area contributed by atoms with Crippen molar-refractivity contribution in [3.05, 3.63) is 90.0 Å². The number of nitrogens with one attached hydrogen (secondary N) is 1. The standard InChI is InChI=1S/C26H24N2O4S/c1-18(21-8-5-9-22(17-21)20-6-3-2-4-7-20)28-32-15-14-31-23-12-10-19(11-13-23)16-24-25(29)27-26(30)33-24/h2-13,17,24H,14-16H2,1H3,(H,27,29,30)/b28-18+. The lowest BCUT2D eigenvalue weighted by Crippen LogP contribution is -2.25. The zero-order chi connectivity index (χ0) is 23.0. The second-order valence-electron chi connectivity index (χ2n) is 7.54. The van der Waals surface area contributed by atoms with Gasteiger partial charge >= 0.3 is 0 Å². The number of rotatable bonds is 9. The van der Waals surface area contributed by atoms with Crippen LogP contribution in [0.15, 0.2) is 84.0 Å². The van der Waals surface area contributed by atoms with Crippen LogP contribution >= 0.6 is 11.8 Å². The quantitative estimate of drug-likeness (QED) is 0.274. The number of carbonyl (C=O) groups excluding carboxylic acids is 2. The number of ether oxygens (including phenoxy) is 1. The van der Waals surface area contributed by atoms with Crippen LogP contribution in [0.5, 0.6) is 5.75 Å². The Balaban J connectivity index is 1.23. The van der Waals surface area contributed by atoms with E-state index in [2.05, 4.69) is 34.7 Å². The van der Waals surface area contributed by atoms with E-state index in [4.69, 9.17) is 9.57 Å². The van der Waals surface area contributed by atoms with Crippen LogP contribution in [-0.4, -0.2) is 35.3 Å². The fourth-order valence-electron chi connectivity index (χ4n) is 3.41. The molecule has 1 N–H and O–H groups in total. The van der Waals surface area contributed by atoms with Crippen molar-refractivity contribution in [1.82, 2.24) is 5.32 Å². The van der Waals surface area contributed by atoms with Crippen LogP contribution in [0.2, 0.25) is 0 Å². The van der Waals surface area contributed by atoms with Gasteiger partial charge in [0, 0.05) is 0 Å². The molecule has 1 heterocycles. The maximum absolute atomic E-state index is 11.7. The largest absolute Gasteiger partial charge is 0.490 e. The molecular weight excluding hydrogens is 436 g/mol. The Morgan fingerprint density at radius 2 is 1.70 bits per heavy atom. The van der Waals surface area contributed by atoms with Gasteiger partial charge in [0.25, 0.3) is 5.24 Å². The predicted octanol–water partition coefficient (Wildman–Crippen LogP) is 5.07. The summed E-state index contributed by atoms with van der Waals surface area (Å²) in [6.45, 7) is 2.59. The molecule has 33 heavy (non-hydrogen) atoms. The Morgan fingerprint density at radius 1 is 0.939 bits per heavy atom. The third-order valence-electron chi connectivity index (χ3n) is 5.14. The zero-order valence-electron chi connectivity index (χ0n) is 18.2. The van der Waals surface area contributed by atoms with Crippen LogP contribution in [0.3, 0.4) is 0 Å². The summed E-state index contributed by atoms with van der Waals surface area (Å²) in [5, 5.41) is 5.86.